The number of anilines is 1. The van der Waals surface area contributed by atoms with E-state index in [0.29, 0.717) is 0 Å². The fourth-order valence-corrected chi connectivity index (χ4v) is 2.05. The molecule has 1 aromatic carbocycles. The normalized spacial score (nSPS) is 19.7. The molecule has 1 N–H and O–H groups in total. The van der Waals surface area contributed by atoms with E-state index < -0.39 is 35.9 Å². The van der Waals surface area contributed by atoms with Gasteiger partial charge in [0, 0.05) is 12.6 Å². The van der Waals surface area contributed by atoms with Crippen LogP contribution in [0.15, 0.2) is 12.1 Å². The monoisotopic (exact) mass is 297 g/mol. The fraction of sp³-hybridized carbons (Fsp3) is 0.500. The molecule has 114 valence electrons. The van der Waals surface area contributed by atoms with E-state index in [4.69, 9.17) is 9.31 Å². The molecule has 1 aliphatic rings. The average Bonchev–Trinajstić information content (AvgIpc) is 2.44. The van der Waals surface area contributed by atoms with E-state index in [-0.39, 0.29) is 11.2 Å². The molecule has 1 aromatic rings. The van der Waals surface area contributed by atoms with Crippen molar-refractivity contribution in [3.05, 3.63) is 23.8 Å². The average molecular weight is 297 g/mol. The van der Waals surface area contributed by atoms with Gasteiger partial charge in [-0.3, -0.25) is 4.79 Å². The third kappa shape index (κ3) is 2.94. The van der Waals surface area contributed by atoms with Gasteiger partial charge in [0.05, 0.1) is 16.7 Å². The van der Waals surface area contributed by atoms with Gasteiger partial charge in [0.15, 0.2) is 0 Å². The van der Waals surface area contributed by atoms with Crippen LogP contribution in [0.1, 0.15) is 34.6 Å². The van der Waals surface area contributed by atoms with Crippen molar-refractivity contribution in [2.24, 2.45) is 0 Å². The number of hydrogen-bond acceptors (Lipinski definition) is 3. The number of benzene rings is 1. The summed E-state index contributed by atoms with van der Waals surface area (Å²) in [6.45, 7) is 8.46. The van der Waals surface area contributed by atoms with Gasteiger partial charge in [0.2, 0.25) is 5.91 Å². The second-order valence-electron chi connectivity index (χ2n) is 6.12. The summed E-state index contributed by atoms with van der Waals surface area (Å²) in [6, 6.07) is 2.09. The maximum absolute atomic E-state index is 14.2. The van der Waals surface area contributed by atoms with Crippen LogP contribution in [0.2, 0.25) is 0 Å². The van der Waals surface area contributed by atoms with Crippen LogP contribution >= 0.6 is 0 Å². The van der Waals surface area contributed by atoms with Crippen LogP contribution in [0.4, 0.5) is 14.5 Å². The van der Waals surface area contributed by atoms with E-state index in [1.54, 1.807) is 27.7 Å². The van der Waals surface area contributed by atoms with Crippen LogP contribution in [-0.2, 0) is 14.1 Å². The molecule has 1 aliphatic heterocycles. The standard InChI is InChI=1S/C14H18BF2NO3/c1-8(19)18-9-6-10(16)12(11(17)7-9)15-20-13(2,3)14(4,5)21-15/h6-7H,1-5H3,(H,18,19). The molecule has 0 spiro atoms. The molecule has 7 heteroatoms. The Morgan fingerprint density at radius 1 is 1.10 bits per heavy atom. The number of hydrogen-bond donors (Lipinski definition) is 1. The van der Waals surface area contributed by atoms with E-state index in [2.05, 4.69) is 5.32 Å². The summed E-state index contributed by atoms with van der Waals surface area (Å²) in [5.74, 6) is -2.05. The highest BCUT2D eigenvalue weighted by atomic mass is 19.1. The Labute approximate surface area is 123 Å². The lowest BCUT2D eigenvalue weighted by atomic mass is 9.78. The van der Waals surface area contributed by atoms with E-state index in [1.165, 1.54) is 6.92 Å². The van der Waals surface area contributed by atoms with E-state index in [0.717, 1.165) is 12.1 Å². The second-order valence-corrected chi connectivity index (χ2v) is 6.12. The summed E-state index contributed by atoms with van der Waals surface area (Å²) in [4.78, 5) is 10.9. The highest BCUT2D eigenvalue weighted by Crippen LogP contribution is 2.37. The molecule has 21 heavy (non-hydrogen) atoms. The summed E-state index contributed by atoms with van der Waals surface area (Å²) < 4.78 is 39.6. The zero-order valence-electron chi connectivity index (χ0n) is 12.7. The number of carbonyl (C=O) groups excluding carboxylic acids is 1. The summed E-state index contributed by atoms with van der Waals surface area (Å²) in [5.41, 5.74) is -1.61. The maximum Gasteiger partial charge on any atom is 0.500 e. The Morgan fingerprint density at radius 3 is 1.90 bits per heavy atom. The van der Waals surface area contributed by atoms with E-state index >= 15 is 0 Å². The zero-order valence-corrected chi connectivity index (χ0v) is 12.7. The van der Waals surface area contributed by atoms with Crippen molar-refractivity contribution >= 4 is 24.2 Å². The number of carbonyl (C=O) groups is 1. The molecule has 1 saturated heterocycles. The molecule has 0 saturated carbocycles. The van der Waals surface area contributed by atoms with Gasteiger partial charge >= 0.3 is 7.12 Å². The van der Waals surface area contributed by atoms with Crippen molar-refractivity contribution < 1.29 is 22.9 Å². The first-order chi connectivity index (χ1) is 9.53. The highest BCUT2D eigenvalue weighted by Gasteiger charge is 2.53. The van der Waals surface area contributed by atoms with E-state index in [1.807, 2.05) is 0 Å². The summed E-state index contributed by atoms with van der Waals surface area (Å²) in [7, 11) is -1.12. The number of halogens is 2. The predicted octanol–water partition coefficient (Wildman–Crippen LogP) is 2.22. The molecular formula is C14H18BF2NO3. The van der Waals surface area contributed by atoms with Gasteiger partial charge in [-0.2, -0.15) is 0 Å². The minimum Gasteiger partial charge on any atom is -0.399 e. The molecule has 4 nitrogen and oxygen atoms in total. The predicted molar refractivity (Wildman–Crippen MR) is 76.4 cm³/mol. The van der Waals surface area contributed by atoms with Gasteiger partial charge in [0.1, 0.15) is 11.6 Å². The van der Waals surface area contributed by atoms with Crippen molar-refractivity contribution in [3.8, 4) is 0 Å². The van der Waals surface area contributed by atoms with Crippen LogP contribution in [0, 0.1) is 11.6 Å². The Balaban J connectivity index is 2.36. The first kappa shape index (κ1) is 15.9. The quantitative estimate of drug-likeness (QED) is 0.852. The lowest BCUT2D eigenvalue weighted by molar-refractivity contribution is -0.114. The van der Waals surface area contributed by atoms with Crippen LogP contribution in [0.25, 0.3) is 0 Å². The van der Waals surface area contributed by atoms with Crippen molar-refractivity contribution in [3.63, 3.8) is 0 Å². The lowest BCUT2D eigenvalue weighted by Crippen LogP contribution is -2.41. The summed E-state index contributed by atoms with van der Waals surface area (Å²) >= 11 is 0. The van der Waals surface area contributed by atoms with Crippen LogP contribution in [-0.4, -0.2) is 24.2 Å². The largest absolute Gasteiger partial charge is 0.500 e. The Hall–Kier alpha value is -1.47. The first-order valence-corrected chi connectivity index (χ1v) is 6.66. The van der Waals surface area contributed by atoms with Crippen molar-refractivity contribution in [1.29, 1.82) is 0 Å². The molecule has 0 radical (unpaired) electrons. The summed E-state index contributed by atoms with van der Waals surface area (Å²) in [5, 5.41) is 2.34. The highest BCUT2D eigenvalue weighted by molar-refractivity contribution is 6.62. The van der Waals surface area contributed by atoms with Gasteiger partial charge in [-0.1, -0.05) is 0 Å². The summed E-state index contributed by atoms with van der Waals surface area (Å²) in [6.07, 6.45) is 0. The third-order valence-electron chi connectivity index (χ3n) is 3.89. The number of nitrogens with one attached hydrogen (secondary N) is 1. The SMILES string of the molecule is CC(=O)Nc1cc(F)c(B2OC(C)(C)C(C)(C)O2)c(F)c1. The fourth-order valence-electron chi connectivity index (χ4n) is 2.05. The van der Waals surface area contributed by atoms with Crippen LogP contribution < -0.4 is 10.8 Å². The minimum atomic E-state index is -1.12. The molecule has 1 heterocycles. The third-order valence-corrected chi connectivity index (χ3v) is 3.89. The molecule has 0 unspecified atom stereocenters. The van der Waals surface area contributed by atoms with Crippen molar-refractivity contribution in [2.45, 2.75) is 45.8 Å². The van der Waals surface area contributed by atoms with Crippen molar-refractivity contribution in [2.75, 3.05) is 5.32 Å². The molecular weight excluding hydrogens is 279 g/mol. The molecule has 0 aromatic heterocycles. The van der Waals surface area contributed by atoms with Gasteiger partial charge in [0.25, 0.3) is 0 Å². The topological polar surface area (TPSA) is 47.6 Å². The van der Waals surface area contributed by atoms with Gasteiger partial charge in [-0.15, -0.1) is 0 Å². The molecule has 2 rings (SSSR count). The molecule has 0 atom stereocenters. The van der Waals surface area contributed by atoms with Crippen molar-refractivity contribution in [1.82, 2.24) is 0 Å². The van der Waals surface area contributed by atoms with E-state index in [9.17, 15) is 13.6 Å². The van der Waals surface area contributed by atoms with Gasteiger partial charge in [-0.25, -0.2) is 8.78 Å². The van der Waals surface area contributed by atoms with Gasteiger partial charge < -0.3 is 14.6 Å². The number of rotatable bonds is 2. The Morgan fingerprint density at radius 2 is 1.52 bits per heavy atom. The van der Waals surface area contributed by atoms with Crippen LogP contribution in [0.5, 0.6) is 0 Å². The molecule has 1 fully saturated rings. The lowest BCUT2D eigenvalue weighted by Gasteiger charge is -2.32. The van der Waals surface area contributed by atoms with Gasteiger partial charge in [-0.05, 0) is 39.8 Å². The minimum absolute atomic E-state index is 0.0535. The molecule has 1 amide bonds. The van der Waals surface area contributed by atoms with Crippen LogP contribution in [0.3, 0.4) is 0 Å². The smallest absolute Gasteiger partial charge is 0.399 e. The number of amides is 1. The maximum atomic E-state index is 14.2. The Bertz CT molecular complexity index is 551. The molecule has 0 aliphatic carbocycles. The first-order valence-electron chi connectivity index (χ1n) is 6.66. The second kappa shape index (κ2) is 5.07. The Kier molecular flexibility index (Phi) is 3.84. The zero-order chi connectivity index (χ0) is 16.0. The molecule has 0 bridgehead atoms.